The van der Waals surface area contributed by atoms with Crippen LogP contribution in [0.15, 0.2) is 54.7 Å². The zero-order valence-corrected chi connectivity index (χ0v) is 12.2. The van der Waals surface area contributed by atoms with E-state index in [-0.39, 0.29) is 0 Å². The fourth-order valence-corrected chi connectivity index (χ4v) is 2.35. The molecule has 0 aliphatic carbocycles. The minimum atomic E-state index is 0.531. The Morgan fingerprint density at radius 2 is 2.00 bits per heavy atom. The van der Waals surface area contributed by atoms with Crippen molar-refractivity contribution < 1.29 is 9.53 Å². The number of aromatic amines is 1. The number of carbonyl (C=O) groups excluding carboxylic acids is 1. The van der Waals surface area contributed by atoms with Crippen molar-refractivity contribution in [3.8, 4) is 17.0 Å². The number of ether oxygens (including phenoxy) is 1. The largest absolute Gasteiger partial charge is 0.489 e. The highest BCUT2D eigenvalue weighted by Crippen LogP contribution is 2.27. The molecule has 1 aromatic heterocycles. The average molecular weight is 292 g/mol. The van der Waals surface area contributed by atoms with Gasteiger partial charge in [0, 0.05) is 5.56 Å². The van der Waals surface area contributed by atoms with Crippen LogP contribution in [0.3, 0.4) is 0 Å². The van der Waals surface area contributed by atoms with Crippen molar-refractivity contribution in [1.29, 1.82) is 0 Å². The van der Waals surface area contributed by atoms with Gasteiger partial charge in [-0.25, -0.2) is 0 Å². The molecule has 0 fully saturated rings. The molecule has 1 N–H and O–H groups in total. The maximum atomic E-state index is 11.0. The number of rotatable bonds is 5. The van der Waals surface area contributed by atoms with Crippen LogP contribution in [0.25, 0.3) is 11.3 Å². The molecule has 0 spiro atoms. The Morgan fingerprint density at radius 3 is 2.73 bits per heavy atom. The van der Waals surface area contributed by atoms with E-state index in [1.807, 2.05) is 55.5 Å². The molecule has 3 aromatic rings. The Kier molecular flexibility index (Phi) is 4.01. The van der Waals surface area contributed by atoms with Crippen LogP contribution in [0, 0.1) is 6.92 Å². The van der Waals surface area contributed by atoms with E-state index in [1.54, 1.807) is 0 Å². The van der Waals surface area contributed by atoms with Crippen LogP contribution in [-0.4, -0.2) is 16.5 Å². The second-order valence-electron chi connectivity index (χ2n) is 5.07. The van der Waals surface area contributed by atoms with E-state index in [2.05, 4.69) is 10.2 Å². The van der Waals surface area contributed by atoms with Gasteiger partial charge in [0.2, 0.25) is 0 Å². The molecule has 0 atom stereocenters. The van der Waals surface area contributed by atoms with Gasteiger partial charge in [0.05, 0.1) is 17.5 Å². The molecule has 2 aromatic carbocycles. The summed E-state index contributed by atoms with van der Waals surface area (Å²) < 4.78 is 5.81. The molecule has 0 aliphatic rings. The predicted molar refractivity (Wildman–Crippen MR) is 84.9 cm³/mol. The molecule has 0 radical (unpaired) electrons. The number of carbonyl (C=O) groups is 1. The number of nitrogens with one attached hydrogen (secondary N) is 1. The molecule has 1 heterocycles. The lowest BCUT2D eigenvalue weighted by molar-refractivity contribution is 0.112. The van der Waals surface area contributed by atoms with Gasteiger partial charge >= 0.3 is 0 Å². The molecule has 4 nitrogen and oxygen atoms in total. The lowest BCUT2D eigenvalue weighted by Gasteiger charge is -2.10. The van der Waals surface area contributed by atoms with E-state index in [9.17, 15) is 4.79 Å². The van der Waals surface area contributed by atoms with E-state index in [1.165, 1.54) is 6.20 Å². The summed E-state index contributed by atoms with van der Waals surface area (Å²) in [5.74, 6) is 0.803. The molecule has 4 heteroatoms. The summed E-state index contributed by atoms with van der Waals surface area (Å²) in [5.41, 5.74) is 4.40. The van der Waals surface area contributed by atoms with E-state index in [0.29, 0.717) is 12.2 Å². The van der Waals surface area contributed by atoms with Crippen LogP contribution in [0.5, 0.6) is 5.75 Å². The van der Waals surface area contributed by atoms with Crippen LogP contribution in [-0.2, 0) is 6.61 Å². The minimum Gasteiger partial charge on any atom is -0.489 e. The first-order valence-corrected chi connectivity index (χ1v) is 7.04. The fraction of sp³-hybridized carbons (Fsp3) is 0.111. The van der Waals surface area contributed by atoms with Crippen LogP contribution in [0.4, 0.5) is 0 Å². The molecule has 0 bridgehead atoms. The molecule has 22 heavy (non-hydrogen) atoms. The SMILES string of the molecule is Cc1cc(OCc2ccccc2)ccc1-c1[nH]ncc1C=O. The Labute approximate surface area is 128 Å². The standard InChI is InChI=1S/C18H16N2O2/c1-13-9-16(22-12-14-5-3-2-4-6-14)7-8-17(13)18-15(11-21)10-19-20-18/h2-11H,12H2,1H3,(H,19,20). The lowest BCUT2D eigenvalue weighted by atomic mass is 10.0. The van der Waals surface area contributed by atoms with Crippen molar-refractivity contribution >= 4 is 6.29 Å². The van der Waals surface area contributed by atoms with Crippen LogP contribution < -0.4 is 4.74 Å². The second kappa shape index (κ2) is 6.26. The van der Waals surface area contributed by atoms with Gasteiger partial charge in [0.15, 0.2) is 6.29 Å². The summed E-state index contributed by atoms with van der Waals surface area (Å²) in [6.07, 6.45) is 2.33. The Hall–Kier alpha value is -2.88. The third-order valence-electron chi connectivity index (χ3n) is 3.51. The molecule has 0 amide bonds. The molecular weight excluding hydrogens is 276 g/mol. The first-order chi connectivity index (χ1) is 10.8. The van der Waals surface area contributed by atoms with Crippen molar-refractivity contribution in [3.63, 3.8) is 0 Å². The quantitative estimate of drug-likeness (QED) is 0.728. The molecule has 3 rings (SSSR count). The van der Waals surface area contributed by atoms with Gasteiger partial charge in [0.1, 0.15) is 12.4 Å². The zero-order valence-electron chi connectivity index (χ0n) is 12.2. The average Bonchev–Trinajstić information content (AvgIpc) is 3.02. The predicted octanol–water partition coefficient (Wildman–Crippen LogP) is 3.78. The molecule has 0 aliphatic heterocycles. The summed E-state index contributed by atoms with van der Waals surface area (Å²) in [6, 6.07) is 15.8. The molecule has 0 saturated heterocycles. The molecule has 0 unspecified atom stereocenters. The third kappa shape index (κ3) is 2.91. The molecule has 0 saturated carbocycles. The second-order valence-corrected chi connectivity index (χ2v) is 5.07. The smallest absolute Gasteiger partial charge is 0.153 e. The van der Waals surface area contributed by atoms with Gasteiger partial charge in [-0.2, -0.15) is 5.10 Å². The van der Waals surface area contributed by atoms with Crippen molar-refractivity contribution in [3.05, 3.63) is 71.4 Å². The maximum absolute atomic E-state index is 11.0. The van der Waals surface area contributed by atoms with Gasteiger partial charge in [-0.3, -0.25) is 9.89 Å². The number of benzene rings is 2. The maximum Gasteiger partial charge on any atom is 0.153 e. The highest BCUT2D eigenvalue weighted by molar-refractivity contribution is 5.86. The Morgan fingerprint density at radius 1 is 1.18 bits per heavy atom. The third-order valence-corrected chi connectivity index (χ3v) is 3.51. The Bertz CT molecular complexity index is 779. The monoisotopic (exact) mass is 292 g/mol. The lowest BCUT2D eigenvalue weighted by Crippen LogP contribution is -1.96. The summed E-state index contributed by atoms with van der Waals surface area (Å²) in [5, 5.41) is 6.79. The number of hydrogen-bond donors (Lipinski definition) is 1. The van der Waals surface area contributed by atoms with E-state index in [4.69, 9.17) is 4.74 Å². The van der Waals surface area contributed by atoms with Gasteiger partial charge < -0.3 is 4.74 Å². The van der Waals surface area contributed by atoms with Gasteiger partial charge in [-0.1, -0.05) is 30.3 Å². The fourth-order valence-electron chi connectivity index (χ4n) is 2.35. The van der Waals surface area contributed by atoms with Gasteiger partial charge in [-0.05, 0) is 36.2 Å². The number of aromatic nitrogens is 2. The first kappa shape index (κ1) is 14.1. The number of H-pyrrole nitrogens is 1. The number of hydrogen-bond acceptors (Lipinski definition) is 3. The van der Waals surface area contributed by atoms with Crippen LogP contribution in [0.2, 0.25) is 0 Å². The van der Waals surface area contributed by atoms with E-state index in [0.717, 1.165) is 34.4 Å². The topological polar surface area (TPSA) is 55.0 Å². The van der Waals surface area contributed by atoms with E-state index >= 15 is 0 Å². The van der Waals surface area contributed by atoms with Crippen LogP contribution >= 0.6 is 0 Å². The normalized spacial score (nSPS) is 10.4. The van der Waals surface area contributed by atoms with Crippen molar-refractivity contribution in [2.24, 2.45) is 0 Å². The highest BCUT2D eigenvalue weighted by Gasteiger charge is 2.10. The summed E-state index contributed by atoms with van der Waals surface area (Å²) in [6.45, 7) is 2.52. The Balaban J connectivity index is 1.79. The highest BCUT2D eigenvalue weighted by atomic mass is 16.5. The number of nitrogens with zero attached hydrogens (tertiary/aromatic N) is 1. The van der Waals surface area contributed by atoms with Gasteiger partial charge in [0.25, 0.3) is 0 Å². The summed E-state index contributed by atoms with van der Waals surface area (Å²) >= 11 is 0. The van der Waals surface area contributed by atoms with Crippen molar-refractivity contribution in [1.82, 2.24) is 10.2 Å². The van der Waals surface area contributed by atoms with Crippen LogP contribution in [0.1, 0.15) is 21.5 Å². The van der Waals surface area contributed by atoms with E-state index < -0.39 is 0 Å². The van der Waals surface area contributed by atoms with Crippen molar-refractivity contribution in [2.75, 3.05) is 0 Å². The molecular formula is C18H16N2O2. The number of aldehydes is 1. The van der Waals surface area contributed by atoms with Gasteiger partial charge in [-0.15, -0.1) is 0 Å². The minimum absolute atomic E-state index is 0.531. The molecule has 110 valence electrons. The number of aryl methyl sites for hydroxylation is 1. The van der Waals surface area contributed by atoms with Crippen molar-refractivity contribution in [2.45, 2.75) is 13.5 Å². The zero-order chi connectivity index (χ0) is 15.4. The summed E-state index contributed by atoms with van der Waals surface area (Å²) in [4.78, 5) is 11.0. The summed E-state index contributed by atoms with van der Waals surface area (Å²) in [7, 11) is 0. The first-order valence-electron chi connectivity index (χ1n) is 7.04.